The number of carbonyl (C=O) groups is 9. The zero-order valence-electron chi connectivity index (χ0n) is 59.3. The standard InChI is InChI=1S/C20H19Cl3N4O2.C20H19Cl2N3O4.C19H22BCl3N2O3.C6H7BrN2O2.C4H3BrN2O2/c1-4-27-18(29)9-17(28)19(26-27)11-5-15(21)14(16(22)6-11)8-12-7-13(10(2)3)20(23)25-24-12;1-4-25-18(28)8-15(26)19(24-25)11-5-13(21)20(14(22)6-11)29-17-7-12(10(2)3)16(27)9-23-17;1-10(2)12-9-15(24-25-17(12)23)26-16-13(21)7-11(8-14(16)22)20-27-18(3,4)19(5,6)28-20;1-2-9-5(11)3-4(10)6(7)8-9;5-4-2(8)1-3(9)6-7-4/h2*5-7,10H,4,8-9H2,1-3H3;7-10H,1-6H3;2-3H2,1H3;1H2,(H,6,9). The molecule has 106 heavy (non-hydrogen) atoms. The molecule has 1 fully saturated rings. The maximum absolute atomic E-state index is 12.3. The van der Waals surface area contributed by atoms with Crippen LogP contribution in [0.4, 0.5) is 0 Å². The van der Waals surface area contributed by atoms with Gasteiger partial charge in [-0.05, 0) is 163 Å². The van der Waals surface area contributed by atoms with E-state index in [9.17, 15) is 43.2 Å². The summed E-state index contributed by atoms with van der Waals surface area (Å²) < 4.78 is 24.1. The highest BCUT2D eigenvalue weighted by Gasteiger charge is 2.52. The van der Waals surface area contributed by atoms with Crippen LogP contribution in [0.3, 0.4) is 0 Å². The van der Waals surface area contributed by atoms with Crippen LogP contribution in [0.15, 0.2) is 85.6 Å². The van der Waals surface area contributed by atoms with Gasteiger partial charge in [0.2, 0.25) is 17.7 Å². The van der Waals surface area contributed by atoms with Crippen LogP contribution in [-0.2, 0) is 58.9 Å². The number of aromatic nitrogens is 4. The lowest BCUT2D eigenvalue weighted by Gasteiger charge is -2.32. The van der Waals surface area contributed by atoms with Crippen LogP contribution in [0.2, 0.25) is 40.4 Å². The first-order valence-electron chi connectivity index (χ1n) is 32.7. The minimum Gasteiger partial charge on any atom is -0.436 e. The molecule has 0 unspecified atom stereocenters. The van der Waals surface area contributed by atoms with Gasteiger partial charge in [0.1, 0.15) is 18.0 Å². The largest absolute Gasteiger partial charge is 0.494 e. The van der Waals surface area contributed by atoms with Crippen molar-refractivity contribution in [1.82, 2.24) is 40.8 Å². The summed E-state index contributed by atoms with van der Waals surface area (Å²) in [4.78, 5) is 107. The third kappa shape index (κ3) is 21.9. The molecule has 0 spiro atoms. The van der Waals surface area contributed by atoms with E-state index in [1.54, 1.807) is 57.2 Å². The van der Waals surface area contributed by atoms with Crippen LogP contribution < -0.4 is 20.4 Å². The Morgan fingerprint density at radius 1 is 0.519 bits per heavy atom. The molecule has 0 bridgehead atoms. The molecule has 0 saturated carbocycles. The molecule has 11 rings (SSSR count). The van der Waals surface area contributed by atoms with Gasteiger partial charge < -0.3 is 18.8 Å². The van der Waals surface area contributed by atoms with E-state index in [2.05, 4.69) is 83.1 Å². The molecule has 3 aromatic carbocycles. The van der Waals surface area contributed by atoms with Crippen LogP contribution in [0.25, 0.3) is 0 Å². The Morgan fingerprint density at radius 3 is 1.42 bits per heavy atom. The Kier molecular flexibility index (Phi) is 30.4. The van der Waals surface area contributed by atoms with Crippen LogP contribution in [0.1, 0.15) is 161 Å². The lowest BCUT2D eigenvalue weighted by atomic mass is 9.79. The third-order valence-corrected chi connectivity index (χ3v) is 20.0. The molecule has 1 saturated heterocycles. The zero-order valence-corrected chi connectivity index (χ0v) is 68.5. The highest BCUT2D eigenvalue weighted by molar-refractivity contribution is 9.19. The Labute approximate surface area is 668 Å². The number of benzene rings is 3. The minimum atomic E-state index is -0.572. The van der Waals surface area contributed by atoms with Crippen LogP contribution in [-0.4, -0.2) is 159 Å². The third-order valence-electron chi connectivity index (χ3n) is 16.4. The summed E-state index contributed by atoms with van der Waals surface area (Å²) in [5, 5.41) is 37.6. The predicted molar refractivity (Wildman–Crippen MR) is 416 cm³/mol. The Balaban J connectivity index is 0.000000196. The number of nitrogens with zero attached hydrogens (tertiary/aromatic N) is 12. The van der Waals surface area contributed by atoms with Crippen molar-refractivity contribution < 1.29 is 61.9 Å². The lowest BCUT2D eigenvalue weighted by molar-refractivity contribution is -0.136. The van der Waals surface area contributed by atoms with Gasteiger partial charge in [-0.1, -0.05) is 134 Å². The van der Waals surface area contributed by atoms with Crippen molar-refractivity contribution in [3.8, 4) is 17.4 Å². The number of halogens is 10. The maximum Gasteiger partial charge on any atom is 0.494 e. The van der Waals surface area contributed by atoms with E-state index in [1.165, 1.54) is 27.2 Å². The average molecular weight is 1740 g/mol. The van der Waals surface area contributed by atoms with Crippen molar-refractivity contribution in [2.24, 2.45) is 31.3 Å². The highest BCUT2D eigenvalue weighted by Crippen LogP contribution is 2.41. The number of hydrogen-bond donors (Lipinski definition) is 1. The Morgan fingerprint density at radius 2 is 0.953 bits per heavy atom. The molecule has 5 aromatic rings. The van der Waals surface area contributed by atoms with E-state index >= 15 is 0 Å². The molecular formula is C69H70BBr2Cl8N13O13. The van der Waals surface area contributed by atoms with Gasteiger partial charge >= 0.3 is 7.12 Å². The normalized spacial score (nSPS) is 17.1. The second-order valence-electron chi connectivity index (χ2n) is 25.6. The van der Waals surface area contributed by atoms with Gasteiger partial charge in [-0.25, -0.2) is 25.4 Å². The van der Waals surface area contributed by atoms with Gasteiger partial charge in [0.15, 0.2) is 60.0 Å². The van der Waals surface area contributed by atoms with Gasteiger partial charge in [-0.15, -0.1) is 15.3 Å². The van der Waals surface area contributed by atoms with E-state index < -0.39 is 24.1 Å². The van der Waals surface area contributed by atoms with Crippen molar-refractivity contribution in [3.05, 3.63) is 134 Å². The van der Waals surface area contributed by atoms with Crippen molar-refractivity contribution in [1.29, 1.82) is 0 Å². The number of nitrogens with one attached hydrogen (secondary N) is 1. The van der Waals surface area contributed by atoms with Crippen molar-refractivity contribution in [3.63, 3.8) is 0 Å². The molecule has 37 heteroatoms. The lowest BCUT2D eigenvalue weighted by Crippen LogP contribution is -2.41. The first kappa shape index (κ1) is 86.2. The van der Waals surface area contributed by atoms with Crippen molar-refractivity contribution in [2.75, 3.05) is 26.2 Å². The number of dihydropyridines is 1. The number of Topliss-reactive ketones (excluding diaryl/α,β-unsaturated/α-hetero) is 5. The second kappa shape index (κ2) is 37.4. The molecular weight excluding hydrogens is 1670 g/mol. The van der Waals surface area contributed by atoms with E-state index in [1.807, 2.05) is 75.3 Å². The van der Waals surface area contributed by atoms with E-state index in [4.69, 9.17) is 112 Å². The van der Waals surface area contributed by atoms with Gasteiger partial charge in [0, 0.05) is 64.9 Å². The summed E-state index contributed by atoms with van der Waals surface area (Å²) in [6.07, 6.45) is 1.29. The number of carbonyl (C=O) groups excluding carboxylic acids is 9. The molecule has 1 N–H and O–H groups in total. The average Bonchev–Trinajstić information content (AvgIpc) is 1.61. The van der Waals surface area contributed by atoms with Gasteiger partial charge in [-0.3, -0.25) is 43.2 Å². The number of amides is 4. The van der Waals surface area contributed by atoms with Crippen LogP contribution in [0.5, 0.6) is 17.4 Å². The highest BCUT2D eigenvalue weighted by atomic mass is 79.9. The smallest absolute Gasteiger partial charge is 0.436 e. The van der Waals surface area contributed by atoms with E-state index in [0.717, 1.165) is 11.1 Å². The van der Waals surface area contributed by atoms with E-state index in [-0.39, 0.29) is 151 Å². The van der Waals surface area contributed by atoms with Crippen LogP contribution in [0, 0.1) is 5.92 Å². The predicted octanol–water partition coefficient (Wildman–Crippen LogP) is 14.1. The quantitative estimate of drug-likeness (QED) is 0.0797. The molecule has 0 aliphatic carbocycles. The number of ketones is 5. The van der Waals surface area contributed by atoms with E-state index in [0.29, 0.717) is 89.9 Å². The second-order valence-corrected chi connectivity index (χ2v) is 30.2. The van der Waals surface area contributed by atoms with Crippen molar-refractivity contribution >= 4 is 216 Å². The monoisotopic (exact) mass is 1740 g/mol. The molecule has 26 nitrogen and oxygen atoms in total. The molecule has 8 heterocycles. The zero-order chi connectivity index (χ0) is 78.7. The first-order valence-corrected chi connectivity index (χ1v) is 37.3. The number of ether oxygens (including phenoxy) is 2. The summed E-state index contributed by atoms with van der Waals surface area (Å²) >= 11 is 56.6. The summed E-state index contributed by atoms with van der Waals surface area (Å²) in [7, 11) is -0.572. The summed E-state index contributed by atoms with van der Waals surface area (Å²) in [5.41, 5.74) is 6.78. The van der Waals surface area contributed by atoms with Gasteiger partial charge in [-0.2, -0.15) is 25.5 Å². The number of aliphatic imine (C=N–C) groups is 1. The molecule has 0 atom stereocenters. The van der Waals surface area contributed by atoms with Gasteiger partial charge in [0.25, 0.3) is 17.7 Å². The molecule has 562 valence electrons. The molecule has 6 aliphatic heterocycles. The topological polar surface area (TPSA) is 326 Å². The summed E-state index contributed by atoms with van der Waals surface area (Å²) in [6, 6.07) is 13.3. The fraction of sp³-hybridized carbons (Fsp3) is 0.391. The number of rotatable bonds is 14. The fourth-order valence-corrected chi connectivity index (χ4v) is 12.9. The summed E-state index contributed by atoms with van der Waals surface area (Å²) in [6.45, 7) is 26.4. The maximum atomic E-state index is 12.3. The first-order chi connectivity index (χ1) is 49.7. The van der Waals surface area contributed by atoms with Crippen LogP contribution >= 0.6 is 125 Å². The molecule has 4 amide bonds. The number of hydrazone groups is 4. The molecule has 6 aliphatic rings. The summed E-state index contributed by atoms with van der Waals surface area (Å²) in [5.74, 6) is -1.26. The number of hydrogen-bond acceptors (Lipinski definition) is 22. The molecule has 0 radical (unpaired) electrons. The fourth-order valence-electron chi connectivity index (χ4n) is 9.91. The van der Waals surface area contributed by atoms with Gasteiger partial charge in [0.05, 0.1) is 62.7 Å². The molecule has 2 aromatic heterocycles. The SMILES string of the molecule is CC(C)c1cc(Oc2c(Cl)cc(B3OC(C)(C)C(C)(C)O3)cc2Cl)nnc1Cl.CCN1N=C(Br)C(=O)CC1=O.CCN1N=C(c2cc(Cl)c(Cc3cc(C(C)C)c(Cl)nn3)c(Cl)c2)C(=O)CC1=O.CCN1N=C(c2cc(Cl)c(OC3=NCC(=O)C(C(C)C)=C3)c(Cl)c2)C(=O)CC1=O.O=C1CC(=O)C(Br)=NN1. The Bertz CT molecular complexity index is 4490. The Hall–Kier alpha value is -7.00. The minimum absolute atomic E-state index is 0.00113. The van der Waals surface area contributed by atoms with Crippen molar-refractivity contribution in [2.45, 2.75) is 145 Å².